The number of likely N-dealkylation sites (tertiary alicyclic amines) is 1. The molecule has 0 spiro atoms. The maximum atomic E-state index is 5.72. The summed E-state index contributed by atoms with van der Waals surface area (Å²) in [6.07, 6.45) is 2.64. The van der Waals surface area contributed by atoms with Crippen molar-refractivity contribution in [2.24, 2.45) is 5.92 Å². The molecule has 0 bridgehead atoms. The first-order chi connectivity index (χ1) is 7.66. The summed E-state index contributed by atoms with van der Waals surface area (Å²) in [5.74, 6) is 1.49. The minimum Gasteiger partial charge on any atom is -0.399 e. The number of hydrogen-bond acceptors (Lipinski definition) is 2. The normalized spacial score (nSPS) is 20.9. The van der Waals surface area contributed by atoms with Gasteiger partial charge in [-0.15, -0.1) is 0 Å². The fourth-order valence-corrected chi connectivity index (χ4v) is 2.60. The highest BCUT2D eigenvalue weighted by atomic mass is 15.1. The SMILES string of the molecule is CC(c1ccc(N)cc1)C1CCN(C)CC1. The molecule has 1 aliphatic heterocycles. The van der Waals surface area contributed by atoms with E-state index in [2.05, 4.69) is 31.0 Å². The third kappa shape index (κ3) is 2.56. The molecule has 1 aliphatic rings. The summed E-state index contributed by atoms with van der Waals surface area (Å²) in [4.78, 5) is 2.42. The molecule has 2 N–H and O–H groups in total. The van der Waals surface area contributed by atoms with Crippen LogP contribution < -0.4 is 5.73 Å². The Morgan fingerprint density at radius 2 is 1.75 bits per heavy atom. The zero-order valence-electron chi connectivity index (χ0n) is 10.3. The lowest BCUT2D eigenvalue weighted by Gasteiger charge is -2.33. The van der Waals surface area contributed by atoms with Crippen LogP contribution in [-0.4, -0.2) is 25.0 Å². The molecule has 1 aromatic rings. The van der Waals surface area contributed by atoms with Gasteiger partial charge in [0, 0.05) is 5.69 Å². The molecule has 0 radical (unpaired) electrons. The molecule has 1 atom stereocenters. The summed E-state index contributed by atoms with van der Waals surface area (Å²) in [5.41, 5.74) is 8.01. The van der Waals surface area contributed by atoms with Gasteiger partial charge in [-0.1, -0.05) is 19.1 Å². The van der Waals surface area contributed by atoms with Crippen molar-refractivity contribution in [1.82, 2.24) is 4.90 Å². The highest BCUT2D eigenvalue weighted by Crippen LogP contribution is 2.32. The van der Waals surface area contributed by atoms with Crippen molar-refractivity contribution in [3.63, 3.8) is 0 Å². The minimum atomic E-state index is 0.661. The van der Waals surface area contributed by atoms with Gasteiger partial charge in [-0.2, -0.15) is 0 Å². The summed E-state index contributed by atoms with van der Waals surface area (Å²) in [6, 6.07) is 8.39. The van der Waals surface area contributed by atoms with Gasteiger partial charge < -0.3 is 10.6 Å². The van der Waals surface area contributed by atoms with E-state index in [9.17, 15) is 0 Å². The van der Waals surface area contributed by atoms with Crippen LogP contribution in [-0.2, 0) is 0 Å². The maximum absolute atomic E-state index is 5.72. The number of nitrogens with two attached hydrogens (primary N) is 1. The third-order valence-corrected chi connectivity index (χ3v) is 3.93. The van der Waals surface area contributed by atoms with E-state index in [1.807, 2.05) is 12.1 Å². The molecule has 1 unspecified atom stereocenters. The zero-order chi connectivity index (χ0) is 11.5. The van der Waals surface area contributed by atoms with Crippen molar-refractivity contribution in [2.45, 2.75) is 25.7 Å². The summed E-state index contributed by atoms with van der Waals surface area (Å²) in [6.45, 7) is 4.83. The Hall–Kier alpha value is -1.02. The fourth-order valence-electron chi connectivity index (χ4n) is 2.60. The van der Waals surface area contributed by atoms with Gasteiger partial charge in [-0.3, -0.25) is 0 Å². The van der Waals surface area contributed by atoms with E-state index < -0.39 is 0 Å². The van der Waals surface area contributed by atoms with E-state index in [4.69, 9.17) is 5.73 Å². The predicted octanol–water partition coefficient (Wildman–Crippen LogP) is 2.71. The van der Waals surface area contributed by atoms with E-state index in [1.54, 1.807) is 0 Å². The van der Waals surface area contributed by atoms with Crippen LogP contribution in [0.1, 0.15) is 31.2 Å². The molecule has 2 heteroatoms. The molecule has 2 rings (SSSR count). The molecule has 0 aromatic heterocycles. The van der Waals surface area contributed by atoms with Gasteiger partial charge in [0.05, 0.1) is 0 Å². The monoisotopic (exact) mass is 218 g/mol. The summed E-state index contributed by atoms with van der Waals surface area (Å²) in [5, 5.41) is 0. The van der Waals surface area contributed by atoms with Gasteiger partial charge in [0.1, 0.15) is 0 Å². The predicted molar refractivity (Wildman–Crippen MR) is 69.5 cm³/mol. The van der Waals surface area contributed by atoms with Crippen molar-refractivity contribution in [2.75, 3.05) is 25.9 Å². The van der Waals surface area contributed by atoms with Gasteiger partial charge in [0.2, 0.25) is 0 Å². The standard InChI is InChI=1S/C14H22N2/c1-11(12-3-5-14(15)6-4-12)13-7-9-16(2)10-8-13/h3-6,11,13H,7-10,15H2,1-2H3. The molecular formula is C14H22N2. The van der Waals surface area contributed by atoms with Crippen LogP contribution in [0.15, 0.2) is 24.3 Å². The second-order valence-electron chi connectivity index (χ2n) is 5.10. The van der Waals surface area contributed by atoms with Crippen LogP contribution in [0.5, 0.6) is 0 Å². The van der Waals surface area contributed by atoms with E-state index in [0.29, 0.717) is 5.92 Å². The Kier molecular flexibility index (Phi) is 3.49. The highest BCUT2D eigenvalue weighted by molar-refractivity contribution is 5.40. The number of benzene rings is 1. The van der Waals surface area contributed by atoms with Gasteiger partial charge in [0.15, 0.2) is 0 Å². The lowest BCUT2D eigenvalue weighted by atomic mass is 9.81. The molecule has 0 amide bonds. The first kappa shape index (κ1) is 11.5. The quantitative estimate of drug-likeness (QED) is 0.773. The van der Waals surface area contributed by atoms with E-state index in [0.717, 1.165) is 11.6 Å². The molecule has 1 saturated heterocycles. The average molecular weight is 218 g/mol. The Morgan fingerprint density at radius 3 is 2.31 bits per heavy atom. The minimum absolute atomic E-state index is 0.661. The largest absolute Gasteiger partial charge is 0.399 e. The third-order valence-electron chi connectivity index (χ3n) is 3.93. The van der Waals surface area contributed by atoms with Crippen LogP contribution in [0.25, 0.3) is 0 Å². The number of rotatable bonds is 2. The Morgan fingerprint density at radius 1 is 1.19 bits per heavy atom. The number of hydrogen-bond donors (Lipinski definition) is 1. The molecule has 0 aliphatic carbocycles. The molecule has 2 nitrogen and oxygen atoms in total. The summed E-state index contributed by atoms with van der Waals surface area (Å²) >= 11 is 0. The van der Waals surface area contributed by atoms with Crippen LogP contribution in [0.2, 0.25) is 0 Å². The maximum Gasteiger partial charge on any atom is 0.0314 e. The van der Waals surface area contributed by atoms with Crippen molar-refractivity contribution >= 4 is 5.69 Å². The van der Waals surface area contributed by atoms with Crippen LogP contribution in [0.4, 0.5) is 5.69 Å². The van der Waals surface area contributed by atoms with Crippen LogP contribution in [0.3, 0.4) is 0 Å². The Bertz CT molecular complexity index is 323. The molecule has 1 aromatic carbocycles. The van der Waals surface area contributed by atoms with E-state index in [1.165, 1.54) is 31.5 Å². The zero-order valence-corrected chi connectivity index (χ0v) is 10.3. The van der Waals surface area contributed by atoms with E-state index >= 15 is 0 Å². The number of piperidine rings is 1. The molecule has 16 heavy (non-hydrogen) atoms. The second-order valence-corrected chi connectivity index (χ2v) is 5.10. The van der Waals surface area contributed by atoms with Crippen LogP contribution in [0, 0.1) is 5.92 Å². The highest BCUT2D eigenvalue weighted by Gasteiger charge is 2.22. The average Bonchev–Trinajstić information content (AvgIpc) is 2.30. The summed E-state index contributed by atoms with van der Waals surface area (Å²) in [7, 11) is 2.21. The Balaban J connectivity index is 2.01. The molecule has 1 fully saturated rings. The van der Waals surface area contributed by atoms with Crippen LogP contribution >= 0.6 is 0 Å². The lowest BCUT2D eigenvalue weighted by Crippen LogP contribution is -2.32. The molecule has 88 valence electrons. The molecule has 0 saturated carbocycles. The lowest BCUT2D eigenvalue weighted by molar-refractivity contribution is 0.202. The first-order valence-corrected chi connectivity index (χ1v) is 6.21. The van der Waals surface area contributed by atoms with Gasteiger partial charge in [-0.25, -0.2) is 0 Å². The van der Waals surface area contributed by atoms with Gasteiger partial charge >= 0.3 is 0 Å². The molecular weight excluding hydrogens is 196 g/mol. The first-order valence-electron chi connectivity index (χ1n) is 6.21. The Labute approximate surface area is 98.4 Å². The fraction of sp³-hybridized carbons (Fsp3) is 0.571. The molecule has 1 heterocycles. The number of anilines is 1. The topological polar surface area (TPSA) is 29.3 Å². The van der Waals surface area contributed by atoms with Crippen molar-refractivity contribution < 1.29 is 0 Å². The van der Waals surface area contributed by atoms with Gasteiger partial charge in [0.25, 0.3) is 0 Å². The van der Waals surface area contributed by atoms with Crippen molar-refractivity contribution in [1.29, 1.82) is 0 Å². The number of nitrogen functional groups attached to an aromatic ring is 1. The second kappa shape index (κ2) is 4.88. The van der Waals surface area contributed by atoms with Gasteiger partial charge in [-0.05, 0) is 62.5 Å². The van der Waals surface area contributed by atoms with Crippen molar-refractivity contribution in [3.8, 4) is 0 Å². The van der Waals surface area contributed by atoms with Crippen molar-refractivity contribution in [3.05, 3.63) is 29.8 Å². The number of nitrogens with zero attached hydrogens (tertiary/aromatic N) is 1. The summed E-state index contributed by atoms with van der Waals surface area (Å²) < 4.78 is 0. The smallest absolute Gasteiger partial charge is 0.0314 e. The van der Waals surface area contributed by atoms with E-state index in [-0.39, 0.29) is 0 Å².